The van der Waals surface area contributed by atoms with Crippen LogP contribution < -0.4 is 14.9 Å². The van der Waals surface area contributed by atoms with Crippen molar-refractivity contribution in [2.75, 3.05) is 7.11 Å². The Bertz CT molecular complexity index is 1070. The van der Waals surface area contributed by atoms with Crippen molar-refractivity contribution in [3.05, 3.63) is 92.4 Å². The number of halogens is 2. The standard InChI is InChI=1S/C23H20BrClN2O3/c1-15-4-3-5-16(10-15)14-30-22-12-20(24)18(11-21(22)29-2)13-26-27-23(28)17-6-8-19(25)9-7-17/h3-13H,14H2,1-2H3,(H,27,28)/b26-13-. The number of amides is 1. The van der Waals surface area contributed by atoms with E-state index in [2.05, 4.69) is 32.5 Å². The number of methoxy groups -OCH3 is 1. The maximum absolute atomic E-state index is 12.1. The minimum absolute atomic E-state index is 0.330. The Hall–Kier alpha value is -2.83. The van der Waals surface area contributed by atoms with Gasteiger partial charge >= 0.3 is 0 Å². The first-order valence-corrected chi connectivity index (χ1v) is 10.3. The van der Waals surface area contributed by atoms with Crippen LogP contribution in [0.1, 0.15) is 27.0 Å². The van der Waals surface area contributed by atoms with Crippen molar-refractivity contribution in [2.45, 2.75) is 13.5 Å². The Balaban J connectivity index is 1.69. The summed E-state index contributed by atoms with van der Waals surface area (Å²) in [6.07, 6.45) is 1.53. The highest BCUT2D eigenvalue weighted by Crippen LogP contribution is 2.33. The summed E-state index contributed by atoms with van der Waals surface area (Å²) >= 11 is 9.35. The molecule has 7 heteroatoms. The Morgan fingerprint density at radius 3 is 2.60 bits per heavy atom. The van der Waals surface area contributed by atoms with E-state index in [0.717, 1.165) is 15.6 Å². The molecule has 0 aliphatic carbocycles. The summed E-state index contributed by atoms with van der Waals surface area (Å²) < 4.78 is 12.1. The first kappa shape index (κ1) is 21.9. The van der Waals surface area contributed by atoms with Crippen LogP contribution in [-0.4, -0.2) is 19.2 Å². The molecule has 3 aromatic carbocycles. The number of hydrazone groups is 1. The molecule has 0 fully saturated rings. The number of carbonyl (C=O) groups excluding carboxylic acids is 1. The number of nitrogens with one attached hydrogen (secondary N) is 1. The number of ether oxygens (including phenoxy) is 2. The highest BCUT2D eigenvalue weighted by molar-refractivity contribution is 9.10. The molecule has 0 heterocycles. The van der Waals surface area contributed by atoms with Gasteiger partial charge in [0.2, 0.25) is 0 Å². The van der Waals surface area contributed by atoms with Gasteiger partial charge in [0, 0.05) is 20.6 Å². The Kier molecular flexibility index (Phi) is 7.49. The van der Waals surface area contributed by atoms with Gasteiger partial charge in [0.25, 0.3) is 5.91 Å². The number of nitrogens with zero attached hydrogens (tertiary/aromatic N) is 1. The van der Waals surface area contributed by atoms with Crippen molar-refractivity contribution in [1.29, 1.82) is 0 Å². The molecule has 0 spiro atoms. The number of hydrogen-bond donors (Lipinski definition) is 1. The second kappa shape index (κ2) is 10.3. The zero-order valence-electron chi connectivity index (χ0n) is 16.5. The molecule has 1 amide bonds. The number of rotatable bonds is 7. The smallest absolute Gasteiger partial charge is 0.271 e. The number of benzene rings is 3. The van der Waals surface area contributed by atoms with Gasteiger partial charge in [0.1, 0.15) is 6.61 Å². The molecule has 0 bridgehead atoms. The molecular formula is C23H20BrClN2O3. The van der Waals surface area contributed by atoms with Gasteiger partial charge in [0.15, 0.2) is 11.5 Å². The minimum atomic E-state index is -0.330. The topological polar surface area (TPSA) is 59.9 Å². The van der Waals surface area contributed by atoms with Gasteiger partial charge in [-0.2, -0.15) is 5.10 Å². The number of carbonyl (C=O) groups is 1. The fourth-order valence-electron chi connectivity index (χ4n) is 2.71. The van der Waals surface area contributed by atoms with E-state index < -0.39 is 0 Å². The maximum Gasteiger partial charge on any atom is 0.271 e. The summed E-state index contributed by atoms with van der Waals surface area (Å²) in [6.45, 7) is 2.47. The first-order chi connectivity index (χ1) is 14.5. The lowest BCUT2D eigenvalue weighted by Gasteiger charge is -2.13. The summed E-state index contributed by atoms with van der Waals surface area (Å²) in [5.41, 5.74) is 5.94. The van der Waals surface area contributed by atoms with Crippen LogP contribution in [0.2, 0.25) is 5.02 Å². The largest absolute Gasteiger partial charge is 0.493 e. The first-order valence-electron chi connectivity index (χ1n) is 9.11. The molecule has 30 heavy (non-hydrogen) atoms. The molecule has 0 aliphatic rings. The lowest BCUT2D eigenvalue weighted by Crippen LogP contribution is -2.17. The molecule has 154 valence electrons. The van der Waals surface area contributed by atoms with Gasteiger partial charge in [-0.3, -0.25) is 4.79 Å². The van der Waals surface area contributed by atoms with E-state index in [4.69, 9.17) is 21.1 Å². The average molecular weight is 488 g/mol. The third-order valence-corrected chi connectivity index (χ3v) is 5.17. The van der Waals surface area contributed by atoms with Gasteiger partial charge in [-0.25, -0.2) is 5.43 Å². The van der Waals surface area contributed by atoms with Crippen LogP contribution in [0.25, 0.3) is 0 Å². The SMILES string of the molecule is COc1cc(/C=N\NC(=O)c2ccc(Cl)cc2)c(Br)cc1OCc1cccc(C)c1. The molecule has 0 saturated heterocycles. The minimum Gasteiger partial charge on any atom is -0.493 e. The van der Waals surface area contributed by atoms with Crippen LogP contribution in [0.15, 0.2) is 70.2 Å². The lowest BCUT2D eigenvalue weighted by atomic mass is 10.1. The predicted octanol–water partition coefficient (Wildman–Crippen LogP) is 5.76. The van der Waals surface area contributed by atoms with Crippen LogP contribution in [0.4, 0.5) is 0 Å². The van der Waals surface area contributed by atoms with Crippen LogP contribution >= 0.6 is 27.5 Å². The fourth-order valence-corrected chi connectivity index (χ4v) is 3.26. The van der Waals surface area contributed by atoms with E-state index in [9.17, 15) is 4.79 Å². The molecule has 0 unspecified atom stereocenters. The van der Waals surface area contributed by atoms with E-state index >= 15 is 0 Å². The van der Waals surface area contributed by atoms with Gasteiger partial charge in [0.05, 0.1) is 13.3 Å². The van der Waals surface area contributed by atoms with E-state index in [0.29, 0.717) is 28.7 Å². The molecular weight excluding hydrogens is 468 g/mol. The lowest BCUT2D eigenvalue weighted by molar-refractivity contribution is 0.0955. The molecule has 3 aromatic rings. The molecule has 1 N–H and O–H groups in total. The molecule has 0 aromatic heterocycles. The maximum atomic E-state index is 12.1. The highest BCUT2D eigenvalue weighted by atomic mass is 79.9. The summed E-state index contributed by atoms with van der Waals surface area (Å²) in [5.74, 6) is 0.841. The highest BCUT2D eigenvalue weighted by Gasteiger charge is 2.10. The Labute approximate surface area is 188 Å². The summed E-state index contributed by atoms with van der Waals surface area (Å²) in [7, 11) is 1.58. The Morgan fingerprint density at radius 2 is 1.90 bits per heavy atom. The van der Waals surface area contributed by atoms with Crippen molar-refractivity contribution in [3.8, 4) is 11.5 Å². The van der Waals surface area contributed by atoms with E-state index in [1.165, 1.54) is 11.8 Å². The molecule has 0 aliphatic heterocycles. The van der Waals surface area contributed by atoms with Crippen molar-refractivity contribution < 1.29 is 14.3 Å². The second-order valence-corrected chi connectivity index (χ2v) is 7.80. The zero-order valence-corrected chi connectivity index (χ0v) is 18.8. The molecule has 3 rings (SSSR count). The third-order valence-electron chi connectivity index (χ3n) is 4.24. The van der Waals surface area contributed by atoms with Crippen molar-refractivity contribution in [3.63, 3.8) is 0 Å². The van der Waals surface area contributed by atoms with Crippen molar-refractivity contribution >= 4 is 39.7 Å². The summed E-state index contributed by atoms with van der Waals surface area (Å²) in [4.78, 5) is 12.1. The van der Waals surface area contributed by atoms with E-state index in [1.807, 2.05) is 31.2 Å². The van der Waals surface area contributed by atoms with Gasteiger partial charge < -0.3 is 9.47 Å². The monoisotopic (exact) mass is 486 g/mol. The summed E-state index contributed by atoms with van der Waals surface area (Å²) in [5, 5.41) is 4.59. The second-order valence-electron chi connectivity index (χ2n) is 6.51. The zero-order chi connectivity index (χ0) is 21.5. The van der Waals surface area contributed by atoms with Crippen LogP contribution in [0, 0.1) is 6.92 Å². The predicted molar refractivity (Wildman–Crippen MR) is 123 cm³/mol. The number of hydrogen-bond acceptors (Lipinski definition) is 4. The number of aryl methyl sites for hydroxylation is 1. The van der Waals surface area contributed by atoms with Crippen LogP contribution in [-0.2, 0) is 6.61 Å². The van der Waals surface area contributed by atoms with Crippen LogP contribution in [0.5, 0.6) is 11.5 Å². The van der Waals surface area contributed by atoms with Crippen LogP contribution in [0.3, 0.4) is 0 Å². The van der Waals surface area contributed by atoms with Crippen molar-refractivity contribution in [1.82, 2.24) is 5.43 Å². The molecule has 5 nitrogen and oxygen atoms in total. The molecule has 0 saturated carbocycles. The van der Waals surface area contributed by atoms with Gasteiger partial charge in [-0.15, -0.1) is 0 Å². The fraction of sp³-hybridized carbons (Fsp3) is 0.130. The Morgan fingerprint density at radius 1 is 1.13 bits per heavy atom. The van der Waals surface area contributed by atoms with Crippen molar-refractivity contribution in [2.24, 2.45) is 5.10 Å². The third kappa shape index (κ3) is 5.84. The molecule has 0 radical (unpaired) electrons. The van der Waals surface area contributed by atoms with E-state index in [1.54, 1.807) is 37.4 Å². The summed E-state index contributed by atoms with van der Waals surface area (Å²) in [6, 6.07) is 18.3. The molecule has 0 atom stereocenters. The average Bonchev–Trinajstić information content (AvgIpc) is 2.74. The normalized spacial score (nSPS) is 10.8. The van der Waals surface area contributed by atoms with E-state index in [-0.39, 0.29) is 5.91 Å². The van der Waals surface area contributed by atoms with Gasteiger partial charge in [-0.05, 0) is 64.8 Å². The quantitative estimate of drug-likeness (QED) is 0.340. The van der Waals surface area contributed by atoms with Gasteiger partial charge in [-0.1, -0.05) is 41.4 Å².